The van der Waals surface area contributed by atoms with Crippen molar-refractivity contribution in [1.29, 1.82) is 0 Å². The highest BCUT2D eigenvalue weighted by atomic mass is 35.5. The highest BCUT2D eigenvalue weighted by molar-refractivity contribution is 5.85. The Labute approximate surface area is 131 Å². The fourth-order valence-electron chi connectivity index (χ4n) is 2.77. The Kier molecular flexibility index (Phi) is 8.00. The molecule has 6 nitrogen and oxygen atoms in total. The van der Waals surface area contributed by atoms with Crippen LogP contribution in [0.15, 0.2) is 0 Å². The molecule has 1 amide bonds. The summed E-state index contributed by atoms with van der Waals surface area (Å²) in [7, 11) is 0. The van der Waals surface area contributed by atoms with Crippen LogP contribution in [-0.2, 0) is 19.1 Å². The van der Waals surface area contributed by atoms with Crippen LogP contribution in [0.4, 0.5) is 0 Å². The van der Waals surface area contributed by atoms with Gasteiger partial charge in [-0.05, 0) is 32.6 Å². The lowest BCUT2D eigenvalue weighted by molar-refractivity contribution is -0.149. The molecule has 1 saturated heterocycles. The second kappa shape index (κ2) is 9.23. The number of hydrogen-bond donors (Lipinski definition) is 2. The van der Waals surface area contributed by atoms with Gasteiger partial charge in [-0.1, -0.05) is 0 Å². The number of amides is 1. The molecule has 1 unspecified atom stereocenters. The summed E-state index contributed by atoms with van der Waals surface area (Å²) in [5.41, 5.74) is 0. The second-order valence-corrected chi connectivity index (χ2v) is 5.39. The minimum absolute atomic E-state index is 0. The van der Waals surface area contributed by atoms with E-state index in [0.29, 0.717) is 26.4 Å². The Morgan fingerprint density at radius 3 is 2.57 bits per heavy atom. The van der Waals surface area contributed by atoms with E-state index in [1.165, 1.54) is 0 Å². The Balaban J connectivity index is 0.00000220. The summed E-state index contributed by atoms with van der Waals surface area (Å²) < 4.78 is 10.3. The molecule has 1 aliphatic heterocycles. The first-order chi connectivity index (χ1) is 9.70. The van der Waals surface area contributed by atoms with Crippen LogP contribution in [-0.4, -0.2) is 50.3 Å². The van der Waals surface area contributed by atoms with E-state index in [9.17, 15) is 9.59 Å². The van der Waals surface area contributed by atoms with Gasteiger partial charge in [0.1, 0.15) is 6.04 Å². The number of nitrogens with one attached hydrogen (secondary N) is 2. The number of esters is 1. The topological polar surface area (TPSA) is 76.7 Å². The van der Waals surface area contributed by atoms with E-state index in [2.05, 4.69) is 10.6 Å². The van der Waals surface area contributed by atoms with Crippen LogP contribution in [0.5, 0.6) is 0 Å². The van der Waals surface area contributed by atoms with Crippen molar-refractivity contribution in [3.05, 3.63) is 0 Å². The standard InChI is InChI=1S/C14H24N2O4.ClH/c1-2-20-14(18)10-3-5-11(6-4-10)16-13(17)12-9-19-8-7-15-12;/h10-12,15H,2-9H2,1H3,(H,16,17);1H. The molecule has 2 fully saturated rings. The molecule has 0 aromatic rings. The van der Waals surface area contributed by atoms with Crippen LogP contribution in [0.1, 0.15) is 32.6 Å². The van der Waals surface area contributed by atoms with Gasteiger partial charge in [-0.15, -0.1) is 12.4 Å². The fourth-order valence-corrected chi connectivity index (χ4v) is 2.77. The van der Waals surface area contributed by atoms with Crippen molar-refractivity contribution in [2.45, 2.75) is 44.7 Å². The van der Waals surface area contributed by atoms with Gasteiger partial charge < -0.3 is 20.1 Å². The molecule has 2 rings (SSSR count). The van der Waals surface area contributed by atoms with Gasteiger partial charge in [0.2, 0.25) is 5.91 Å². The van der Waals surface area contributed by atoms with E-state index in [0.717, 1.165) is 25.7 Å². The summed E-state index contributed by atoms with van der Waals surface area (Å²) in [6.45, 7) is 4.07. The summed E-state index contributed by atoms with van der Waals surface area (Å²) in [4.78, 5) is 23.7. The number of carbonyl (C=O) groups is 2. The van der Waals surface area contributed by atoms with Gasteiger partial charge in [-0.2, -0.15) is 0 Å². The number of hydrogen-bond acceptors (Lipinski definition) is 5. The van der Waals surface area contributed by atoms with Crippen LogP contribution < -0.4 is 10.6 Å². The minimum atomic E-state index is -0.244. The van der Waals surface area contributed by atoms with Gasteiger partial charge in [-0.3, -0.25) is 9.59 Å². The average molecular weight is 321 g/mol. The van der Waals surface area contributed by atoms with Crippen molar-refractivity contribution in [3.63, 3.8) is 0 Å². The summed E-state index contributed by atoms with van der Waals surface area (Å²) in [5, 5.41) is 6.19. The van der Waals surface area contributed by atoms with Gasteiger partial charge in [-0.25, -0.2) is 0 Å². The molecule has 0 spiro atoms. The molecule has 21 heavy (non-hydrogen) atoms. The molecule has 0 radical (unpaired) electrons. The highest BCUT2D eigenvalue weighted by Gasteiger charge is 2.29. The van der Waals surface area contributed by atoms with E-state index >= 15 is 0 Å². The third-order valence-corrected chi connectivity index (χ3v) is 3.93. The zero-order valence-electron chi connectivity index (χ0n) is 12.4. The van der Waals surface area contributed by atoms with Gasteiger partial charge in [0.05, 0.1) is 25.7 Å². The quantitative estimate of drug-likeness (QED) is 0.743. The first-order valence-electron chi connectivity index (χ1n) is 7.49. The lowest BCUT2D eigenvalue weighted by Crippen LogP contribution is -2.53. The number of morpholine rings is 1. The van der Waals surface area contributed by atoms with E-state index in [1.807, 2.05) is 6.92 Å². The average Bonchev–Trinajstić information content (AvgIpc) is 2.49. The summed E-state index contributed by atoms with van der Waals surface area (Å²) in [6.07, 6.45) is 3.25. The van der Waals surface area contributed by atoms with Crippen molar-refractivity contribution in [3.8, 4) is 0 Å². The Morgan fingerprint density at radius 2 is 2.00 bits per heavy atom. The van der Waals surface area contributed by atoms with Crippen LogP contribution in [0.2, 0.25) is 0 Å². The van der Waals surface area contributed by atoms with E-state index in [4.69, 9.17) is 9.47 Å². The SMILES string of the molecule is CCOC(=O)C1CCC(NC(=O)C2COCCN2)CC1.Cl. The highest BCUT2D eigenvalue weighted by Crippen LogP contribution is 2.25. The molecule has 2 aliphatic rings. The van der Waals surface area contributed by atoms with Crippen molar-refractivity contribution < 1.29 is 19.1 Å². The number of halogens is 1. The van der Waals surface area contributed by atoms with Crippen LogP contribution >= 0.6 is 12.4 Å². The summed E-state index contributed by atoms with van der Waals surface area (Å²) in [6, 6.07) is -0.0802. The van der Waals surface area contributed by atoms with Crippen LogP contribution in [0.3, 0.4) is 0 Å². The largest absolute Gasteiger partial charge is 0.466 e. The first kappa shape index (κ1) is 18.2. The van der Waals surface area contributed by atoms with Gasteiger partial charge >= 0.3 is 5.97 Å². The van der Waals surface area contributed by atoms with Gasteiger partial charge in [0.15, 0.2) is 0 Å². The molecular weight excluding hydrogens is 296 g/mol. The molecule has 1 saturated carbocycles. The van der Waals surface area contributed by atoms with E-state index in [-0.39, 0.29) is 42.3 Å². The van der Waals surface area contributed by atoms with Gasteiger partial charge in [0.25, 0.3) is 0 Å². The summed E-state index contributed by atoms with van der Waals surface area (Å²) in [5.74, 6) is -0.0943. The molecular formula is C14H25ClN2O4. The van der Waals surface area contributed by atoms with Crippen molar-refractivity contribution in [2.24, 2.45) is 5.92 Å². The number of ether oxygens (including phenoxy) is 2. The summed E-state index contributed by atoms with van der Waals surface area (Å²) >= 11 is 0. The minimum Gasteiger partial charge on any atom is -0.466 e. The lowest BCUT2D eigenvalue weighted by Gasteiger charge is -2.30. The fraction of sp³-hybridized carbons (Fsp3) is 0.857. The zero-order chi connectivity index (χ0) is 14.4. The van der Waals surface area contributed by atoms with Crippen molar-refractivity contribution >= 4 is 24.3 Å². The molecule has 1 atom stereocenters. The lowest BCUT2D eigenvalue weighted by atomic mass is 9.86. The van der Waals surface area contributed by atoms with Crippen LogP contribution in [0.25, 0.3) is 0 Å². The van der Waals surface area contributed by atoms with E-state index < -0.39 is 0 Å². The Hall–Kier alpha value is -0.850. The second-order valence-electron chi connectivity index (χ2n) is 5.39. The zero-order valence-corrected chi connectivity index (χ0v) is 13.2. The molecule has 7 heteroatoms. The predicted octanol–water partition coefficient (Wildman–Crippen LogP) is 0.635. The maximum Gasteiger partial charge on any atom is 0.308 e. The maximum atomic E-state index is 12.0. The molecule has 122 valence electrons. The van der Waals surface area contributed by atoms with Crippen LogP contribution in [0, 0.1) is 5.92 Å². The Bertz CT molecular complexity index is 340. The third kappa shape index (κ3) is 5.45. The predicted molar refractivity (Wildman–Crippen MR) is 80.4 cm³/mol. The van der Waals surface area contributed by atoms with Crippen molar-refractivity contribution in [1.82, 2.24) is 10.6 Å². The molecule has 2 N–H and O–H groups in total. The molecule has 0 aromatic heterocycles. The maximum absolute atomic E-state index is 12.0. The molecule has 1 heterocycles. The Morgan fingerprint density at radius 1 is 1.29 bits per heavy atom. The van der Waals surface area contributed by atoms with Gasteiger partial charge in [0, 0.05) is 12.6 Å². The third-order valence-electron chi connectivity index (χ3n) is 3.93. The first-order valence-corrected chi connectivity index (χ1v) is 7.49. The molecule has 0 bridgehead atoms. The normalized spacial score (nSPS) is 29.1. The number of carbonyl (C=O) groups excluding carboxylic acids is 2. The van der Waals surface area contributed by atoms with Crippen molar-refractivity contribution in [2.75, 3.05) is 26.4 Å². The van der Waals surface area contributed by atoms with E-state index in [1.54, 1.807) is 0 Å². The monoisotopic (exact) mass is 320 g/mol. The molecule has 1 aliphatic carbocycles. The number of rotatable bonds is 4. The smallest absolute Gasteiger partial charge is 0.308 e. The molecule has 0 aromatic carbocycles.